The van der Waals surface area contributed by atoms with Gasteiger partial charge in [-0.3, -0.25) is 9.89 Å². The van der Waals surface area contributed by atoms with Crippen LogP contribution in [0.5, 0.6) is 0 Å². The highest BCUT2D eigenvalue weighted by atomic mass is 32.1. The molecule has 2 bridgehead atoms. The maximum absolute atomic E-state index is 13.3. The number of aromatic nitrogens is 6. The van der Waals surface area contributed by atoms with Gasteiger partial charge in [0.15, 0.2) is 17.5 Å². The number of nitrogens with zero attached hydrogens (tertiary/aromatic N) is 6. The summed E-state index contributed by atoms with van der Waals surface area (Å²) >= 11 is 1.61. The minimum absolute atomic E-state index is 0.0392. The van der Waals surface area contributed by atoms with Crippen LogP contribution in [0, 0.1) is 6.92 Å². The van der Waals surface area contributed by atoms with Crippen LogP contribution >= 0.6 is 11.3 Å². The number of H-pyrrole nitrogens is 1. The maximum atomic E-state index is 13.3. The minimum Gasteiger partial charge on any atom is -0.351 e. The quantitative estimate of drug-likeness (QED) is 0.400. The van der Waals surface area contributed by atoms with Gasteiger partial charge in [0.05, 0.1) is 10.2 Å². The van der Waals surface area contributed by atoms with Crippen molar-refractivity contribution in [2.24, 2.45) is 7.05 Å². The van der Waals surface area contributed by atoms with Gasteiger partial charge in [0.2, 0.25) is 5.95 Å². The van der Waals surface area contributed by atoms with Crippen LogP contribution in [-0.4, -0.2) is 58.6 Å². The number of thiophene rings is 1. The van der Waals surface area contributed by atoms with Gasteiger partial charge in [-0.1, -0.05) is 0 Å². The van der Waals surface area contributed by atoms with Crippen molar-refractivity contribution in [3.8, 4) is 0 Å². The molecule has 0 saturated carbocycles. The molecule has 10 nitrogen and oxygen atoms in total. The van der Waals surface area contributed by atoms with Crippen molar-refractivity contribution in [3.05, 3.63) is 41.4 Å². The first kappa shape index (κ1) is 21.1. The number of hydrogen-bond donors (Lipinski definition) is 3. The number of hydrogen-bond acceptors (Lipinski definition) is 8. The summed E-state index contributed by atoms with van der Waals surface area (Å²) in [5.74, 6) is 2.63. The van der Waals surface area contributed by atoms with E-state index >= 15 is 0 Å². The Kier molecular flexibility index (Phi) is 5.20. The number of imidazole rings is 1. The van der Waals surface area contributed by atoms with Gasteiger partial charge in [-0.25, -0.2) is 9.97 Å². The van der Waals surface area contributed by atoms with Crippen LogP contribution < -0.4 is 10.6 Å². The normalized spacial score (nSPS) is 22.2. The molecule has 2 saturated heterocycles. The van der Waals surface area contributed by atoms with Crippen LogP contribution in [0.1, 0.15) is 48.4 Å². The van der Waals surface area contributed by atoms with E-state index in [0.717, 1.165) is 59.7 Å². The zero-order valence-electron chi connectivity index (χ0n) is 19.2. The monoisotopic (exact) mass is 477 g/mol. The topological polar surface area (TPSA) is 117 Å². The molecule has 34 heavy (non-hydrogen) atoms. The van der Waals surface area contributed by atoms with Crippen molar-refractivity contribution in [1.82, 2.24) is 34.6 Å². The first-order valence-corrected chi connectivity index (χ1v) is 12.5. The second-order valence-corrected chi connectivity index (χ2v) is 10.1. The first-order valence-electron chi connectivity index (χ1n) is 11.7. The van der Waals surface area contributed by atoms with E-state index in [1.807, 2.05) is 42.2 Å². The van der Waals surface area contributed by atoms with E-state index in [0.29, 0.717) is 11.8 Å². The second-order valence-electron chi connectivity index (χ2n) is 9.22. The number of fused-ring (bicyclic) bond motifs is 3. The van der Waals surface area contributed by atoms with Gasteiger partial charge in [-0.2, -0.15) is 10.1 Å². The first-order chi connectivity index (χ1) is 16.5. The van der Waals surface area contributed by atoms with Gasteiger partial charge in [0.25, 0.3) is 5.91 Å². The predicted molar refractivity (Wildman–Crippen MR) is 131 cm³/mol. The highest BCUT2D eigenvalue weighted by Crippen LogP contribution is 2.36. The lowest BCUT2D eigenvalue weighted by Gasteiger charge is -2.48. The molecule has 2 atom stereocenters. The number of aromatic amines is 1. The fraction of sp³-hybridized carbons (Fsp3) is 0.435. The Morgan fingerprint density at radius 1 is 1.24 bits per heavy atom. The van der Waals surface area contributed by atoms with Gasteiger partial charge >= 0.3 is 0 Å². The molecule has 11 heteroatoms. The fourth-order valence-electron chi connectivity index (χ4n) is 5.32. The van der Waals surface area contributed by atoms with Gasteiger partial charge in [0, 0.05) is 49.3 Å². The Balaban J connectivity index is 1.23. The molecule has 1 amide bonds. The van der Waals surface area contributed by atoms with Crippen LogP contribution in [-0.2, 0) is 7.05 Å². The Morgan fingerprint density at radius 2 is 2.06 bits per heavy atom. The van der Waals surface area contributed by atoms with Crippen molar-refractivity contribution >= 4 is 45.0 Å². The summed E-state index contributed by atoms with van der Waals surface area (Å²) < 4.78 is 2.81. The largest absolute Gasteiger partial charge is 0.351 e. The van der Waals surface area contributed by atoms with E-state index < -0.39 is 0 Å². The molecule has 2 fully saturated rings. The van der Waals surface area contributed by atoms with Crippen molar-refractivity contribution < 1.29 is 4.79 Å². The molecule has 0 aliphatic carbocycles. The number of nitrogens with one attached hydrogen (secondary N) is 3. The molecule has 176 valence electrons. The number of piperidine rings is 2. The number of carbonyl (C=O) groups excluding carboxylic acids is 1. The molecule has 0 spiro atoms. The molecular weight excluding hydrogens is 450 g/mol. The molecule has 6 heterocycles. The van der Waals surface area contributed by atoms with E-state index in [-0.39, 0.29) is 24.0 Å². The Labute approximate surface area is 200 Å². The molecular formula is C23H27N9OS. The Bertz CT molecular complexity index is 1330. The smallest absolute Gasteiger partial charge is 0.290 e. The number of rotatable bonds is 5. The minimum atomic E-state index is 0.0392. The predicted octanol–water partition coefficient (Wildman–Crippen LogP) is 3.84. The van der Waals surface area contributed by atoms with Crippen LogP contribution in [0.15, 0.2) is 29.9 Å². The van der Waals surface area contributed by atoms with Crippen molar-refractivity contribution in [2.75, 3.05) is 10.6 Å². The third kappa shape index (κ3) is 3.79. The summed E-state index contributed by atoms with van der Waals surface area (Å²) in [6.45, 7) is 1.97. The number of carbonyl (C=O) groups is 1. The Morgan fingerprint density at radius 3 is 2.76 bits per heavy atom. The van der Waals surface area contributed by atoms with Gasteiger partial charge in [-0.15, -0.1) is 11.3 Å². The maximum Gasteiger partial charge on any atom is 0.290 e. The molecule has 0 radical (unpaired) electrons. The molecule has 2 unspecified atom stereocenters. The molecule has 2 aliphatic rings. The van der Waals surface area contributed by atoms with E-state index in [1.54, 1.807) is 17.5 Å². The standard InChI is InChI=1S/C23H27N9OS/c1-13-10-18(30-29-13)27-20-19-17(6-9-34-19)26-23(28-20)25-14-11-15-4-3-5-16(12-14)32(15)22(33)21-24-7-8-31(21)2/h6-10,14-16H,3-5,11-12H2,1-2H3,(H3,25,26,27,28,29,30). The molecule has 4 aromatic rings. The molecule has 0 aromatic carbocycles. The fourth-order valence-corrected chi connectivity index (χ4v) is 6.09. The van der Waals surface area contributed by atoms with Crippen molar-refractivity contribution in [1.29, 1.82) is 0 Å². The highest BCUT2D eigenvalue weighted by molar-refractivity contribution is 7.17. The lowest BCUT2D eigenvalue weighted by molar-refractivity contribution is 0.0244. The summed E-state index contributed by atoms with van der Waals surface area (Å²) in [6, 6.07) is 4.56. The van der Waals surface area contributed by atoms with Gasteiger partial charge in [0.1, 0.15) is 0 Å². The summed E-state index contributed by atoms with van der Waals surface area (Å²) in [7, 11) is 1.87. The molecule has 4 aromatic heterocycles. The average Bonchev–Trinajstić information content (AvgIpc) is 3.54. The summed E-state index contributed by atoms with van der Waals surface area (Å²) in [6.07, 6.45) is 8.44. The number of aryl methyl sites for hydroxylation is 2. The second kappa shape index (κ2) is 8.39. The lowest BCUT2D eigenvalue weighted by Crippen LogP contribution is -2.57. The summed E-state index contributed by atoms with van der Waals surface area (Å²) in [5, 5.41) is 16.2. The average molecular weight is 478 g/mol. The zero-order valence-corrected chi connectivity index (χ0v) is 20.0. The molecule has 6 rings (SSSR count). The van der Waals surface area contributed by atoms with Crippen molar-refractivity contribution in [2.45, 2.75) is 57.2 Å². The lowest BCUT2D eigenvalue weighted by atomic mass is 9.81. The third-order valence-electron chi connectivity index (χ3n) is 6.81. The SMILES string of the molecule is Cc1cc(Nc2nc(NC3CC4CCCC(C3)N4C(=O)c3nccn3C)nc3ccsc23)n[nH]1. The summed E-state index contributed by atoms with van der Waals surface area (Å²) in [4.78, 5) is 29.2. The van der Waals surface area contributed by atoms with Crippen LogP contribution in [0.25, 0.3) is 10.2 Å². The third-order valence-corrected chi connectivity index (χ3v) is 7.72. The number of anilines is 3. The van der Waals surface area contributed by atoms with Crippen LogP contribution in [0.2, 0.25) is 0 Å². The molecule has 3 N–H and O–H groups in total. The van der Waals surface area contributed by atoms with Gasteiger partial charge in [-0.05, 0) is 50.5 Å². The highest BCUT2D eigenvalue weighted by Gasteiger charge is 2.42. The Hall–Kier alpha value is -3.47. The van der Waals surface area contributed by atoms with Crippen LogP contribution in [0.4, 0.5) is 17.6 Å². The van der Waals surface area contributed by atoms with E-state index in [4.69, 9.17) is 9.97 Å². The van der Waals surface area contributed by atoms with E-state index in [2.05, 4.69) is 30.7 Å². The van der Waals surface area contributed by atoms with E-state index in [9.17, 15) is 4.79 Å². The summed E-state index contributed by atoms with van der Waals surface area (Å²) in [5.41, 5.74) is 1.88. The van der Waals surface area contributed by atoms with Crippen molar-refractivity contribution in [3.63, 3.8) is 0 Å². The van der Waals surface area contributed by atoms with Crippen LogP contribution in [0.3, 0.4) is 0 Å². The zero-order chi connectivity index (χ0) is 23.2. The number of amides is 1. The van der Waals surface area contributed by atoms with E-state index in [1.165, 1.54) is 0 Å². The molecule has 2 aliphatic heterocycles. The van der Waals surface area contributed by atoms with Gasteiger partial charge < -0.3 is 20.1 Å².